The van der Waals surface area contributed by atoms with Crippen LogP contribution in [0.2, 0.25) is 10.0 Å². The lowest BCUT2D eigenvalue weighted by molar-refractivity contribution is 0.572. The van der Waals surface area contributed by atoms with Crippen molar-refractivity contribution in [1.82, 2.24) is 15.1 Å². The number of hydrogen-bond acceptors (Lipinski definition) is 2. The van der Waals surface area contributed by atoms with Crippen LogP contribution in [0.15, 0.2) is 24.4 Å². The zero-order chi connectivity index (χ0) is 14.0. The molecule has 1 aromatic carbocycles. The highest BCUT2D eigenvalue weighted by Gasteiger charge is 2.20. The van der Waals surface area contributed by atoms with Crippen LogP contribution in [0.25, 0.3) is 0 Å². The highest BCUT2D eigenvalue weighted by atomic mass is 35.5. The maximum Gasteiger partial charge on any atom is 0.0837 e. The van der Waals surface area contributed by atoms with E-state index in [1.807, 2.05) is 26.1 Å². The first-order valence-corrected chi connectivity index (χ1v) is 6.96. The minimum atomic E-state index is -0.0117. The SMILES string of the molecule is CCNC(c1cc(C)cc(Cl)c1)c1c(Cl)cnn1C. The van der Waals surface area contributed by atoms with Gasteiger partial charge in [-0.15, -0.1) is 0 Å². The lowest BCUT2D eigenvalue weighted by atomic mass is 10.0. The summed E-state index contributed by atoms with van der Waals surface area (Å²) in [5.41, 5.74) is 3.17. The number of aryl methyl sites for hydroxylation is 2. The molecule has 19 heavy (non-hydrogen) atoms. The van der Waals surface area contributed by atoms with E-state index < -0.39 is 0 Å². The summed E-state index contributed by atoms with van der Waals surface area (Å²) in [6, 6.07) is 6.01. The topological polar surface area (TPSA) is 29.9 Å². The van der Waals surface area contributed by atoms with Crippen molar-refractivity contribution in [3.8, 4) is 0 Å². The number of benzene rings is 1. The number of hydrogen-bond donors (Lipinski definition) is 1. The van der Waals surface area contributed by atoms with Gasteiger partial charge in [-0.1, -0.05) is 36.2 Å². The molecular formula is C14H17Cl2N3. The smallest absolute Gasteiger partial charge is 0.0837 e. The van der Waals surface area contributed by atoms with Crippen molar-refractivity contribution in [3.05, 3.63) is 51.3 Å². The highest BCUT2D eigenvalue weighted by Crippen LogP contribution is 2.29. The summed E-state index contributed by atoms with van der Waals surface area (Å²) in [4.78, 5) is 0. The Kier molecular flexibility index (Phi) is 4.50. The average Bonchev–Trinajstić information content (AvgIpc) is 2.65. The van der Waals surface area contributed by atoms with E-state index in [0.29, 0.717) is 5.02 Å². The van der Waals surface area contributed by atoms with E-state index in [1.54, 1.807) is 10.9 Å². The molecule has 5 heteroatoms. The molecule has 0 fully saturated rings. The van der Waals surface area contributed by atoms with Gasteiger partial charge in [-0.25, -0.2) is 0 Å². The average molecular weight is 298 g/mol. The van der Waals surface area contributed by atoms with Crippen molar-refractivity contribution in [3.63, 3.8) is 0 Å². The Morgan fingerprint density at radius 3 is 2.58 bits per heavy atom. The standard InChI is InChI=1S/C14H17Cl2N3/c1-4-17-13(14-12(16)8-18-19(14)3)10-5-9(2)6-11(15)7-10/h5-8,13,17H,4H2,1-3H3. The zero-order valence-electron chi connectivity index (χ0n) is 11.2. The van der Waals surface area contributed by atoms with E-state index in [2.05, 4.69) is 23.4 Å². The summed E-state index contributed by atoms with van der Waals surface area (Å²) in [7, 11) is 1.89. The van der Waals surface area contributed by atoms with Gasteiger partial charge >= 0.3 is 0 Å². The molecule has 0 aliphatic carbocycles. The van der Waals surface area contributed by atoms with Gasteiger partial charge in [0.05, 0.1) is 23.0 Å². The van der Waals surface area contributed by atoms with Gasteiger partial charge in [-0.2, -0.15) is 5.10 Å². The molecule has 0 saturated carbocycles. The van der Waals surface area contributed by atoms with Gasteiger partial charge in [0.15, 0.2) is 0 Å². The molecule has 0 amide bonds. The second kappa shape index (κ2) is 5.95. The van der Waals surface area contributed by atoms with Crippen LogP contribution >= 0.6 is 23.2 Å². The van der Waals surface area contributed by atoms with E-state index in [9.17, 15) is 0 Å². The fourth-order valence-electron chi connectivity index (χ4n) is 2.25. The summed E-state index contributed by atoms with van der Waals surface area (Å²) in [5.74, 6) is 0. The first kappa shape index (κ1) is 14.4. The number of rotatable bonds is 4. The minimum absolute atomic E-state index is 0.0117. The van der Waals surface area contributed by atoms with Gasteiger partial charge in [0.2, 0.25) is 0 Å². The van der Waals surface area contributed by atoms with Crippen molar-refractivity contribution >= 4 is 23.2 Å². The second-order valence-electron chi connectivity index (χ2n) is 4.55. The quantitative estimate of drug-likeness (QED) is 0.932. The third kappa shape index (κ3) is 3.11. The van der Waals surface area contributed by atoms with Crippen molar-refractivity contribution in [1.29, 1.82) is 0 Å². The van der Waals surface area contributed by atoms with Crippen LogP contribution < -0.4 is 5.32 Å². The molecule has 2 aromatic rings. The van der Waals surface area contributed by atoms with E-state index in [-0.39, 0.29) is 6.04 Å². The molecule has 1 heterocycles. The van der Waals surface area contributed by atoms with Crippen LogP contribution in [0, 0.1) is 6.92 Å². The Morgan fingerprint density at radius 1 is 1.32 bits per heavy atom. The van der Waals surface area contributed by atoms with Gasteiger partial charge < -0.3 is 5.32 Å². The maximum absolute atomic E-state index is 6.25. The molecular weight excluding hydrogens is 281 g/mol. The highest BCUT2D eigenvalue weighted by molar-refractivity contribution is 6.31. The van der Waals surface area contributed by atoms with Crippen molar-refractivity contribution in [2.24, 2.45) is 7.05 Å². The predicted octanol–water partition coefficient (Wildman–Crippen LogP) is 3.73. The summed E-state index contributed by atoms with van der Waals surface area (Å²) >= 11 is 12.4. The lowest BCUT2D eigenvalue weighted by Gasteiger charge is -2.20. The van der Waals surface area contributed by atoms with Gasteiger partial charge in [-0.05, 0) is 36.7 Å². The molecule has 2 rings (SSSR count). The van der Waals surface area contributed by atoms with E-state index in [4.69, 9.17) is 23.2 Å². The van der Waals surface area contributed by atoms with Crippen LogP contribution in [0.3, 0.4) is 0 Å². The molecule has 0 saturated heterocycles. The molecule has 1 atom stereocenters. The molecule has 0 aliphatic heterocycles. The summed E-state index contributed by atoms with van der Waals surface area (Å²) < 4.78 is 1.80. The Hall–Kier alpha value is -1.03. The largest absolute Gasteiger partial charge is 0.305 e. The van der Waals surface area contributed by atoms with Crippen LogP contribution in [0.1, 0.15) is 29.8 Å². The monoisotopic (exact) mass is 297 g/mol. The van der Waals surface area contributed by atoms with Gasteiger partial charge in [0.1, 0.15) is 0 Å². The fourth-order valence-corrected chi connectivity index (χ4v) is 2.83. The predicted molar refractivity (Wildman–Crippen MR) is 79.9 cm³/mol. The molecule has 1 unspecified atom stereocenters. The van der Waals surface area contributed by atoms with Crippen LogP contribution in [-0.4, -0.2) is 16.3 Å². The normalized spacial score (nSPS) is 12.7. The van der Waals surface area contributed by atoms with Crippen molar-refractivity contribution in [2.45, 2.75) is 19.9 Å². The van der Waals surface area contributed by atoms with Gasteiger partial charge in [0, 0.05) is 12.1 Å². The molecule has 0 radical (unpaired) electrons. The Labute approximate surface area is 123 Å². The third-order valence-corrected chi connectivity index (χ3v) is 3.53. The number of aromatic nitrogens is 2. The molecule has 0 spiro atoms. The van der Waals surface area contributed by atoms with E-state index >= 15 is 0 Å². The molecule has 102 valence electrons. The fraction of sp³-hybridized carbons (Fsp3) is 0.357. The Bertz CT molecular complexity index is 538. The number of halogens is 2. The summed E-state index contributed by atoms with van der Waals surface area (Å²) in [6.07, 6.45) is 1.67. The summed E-state index contributed by atoms with van der Waals surface area (Å²) in [5, 5.41) is 9.03. The molecule has 1 N–H and O–H groups in total. The van der Waals surface area contributed by atoms with E-state index in [1.165, 1.54) is 0 Å². The van der Waals surface area contributed by atoms with Crippen LogP contribution in [0.4, 0.5) is 0 Å². The molecule has 0 aliphatic rings. The lowest BCUT2D eigenvalue weighted by Crippen LogP contribution is -2.24. The van der Waals surface area contributed by atoms with Gasteiger partial charge in [-0.3, -0.25) is 4.68 Å². The minimum Gasteiger partial charge on any atom is -0.305 e. The Morgan fingerprint density at radius 2 is 2.05 bits per heavy atom. The molecule has 0 bridgehead atoms. The summed E-state index contributed by atoms with van der Waals surface area (Å²) in [6.45, 7) is 4.93. The molecule has 1 aromatic heterocycles. The first-order valence-electron chi connectivity index (χ1n) is 6.20. The number of nitrogens with zero attached hydrogens (tertiary/aromatic N) is 2. The van der Waals surface area contributed by atoms with E-state index in [0.717, 1.165) is 28.4 Å². The first-order chi connectivity index (χ1) is 9.02. The Balaban J connectivity index is 2.51. The third-order valence-electron chi connectivity index (χ3n) is 3.02. The zero-order valence-corrected chi connectivity index (χ0v) is 12.8. The maximum atomic E-state index is 6.25. The van der Waals surface area contributed by atoms with Crippen LogP contribution in [-0.2, 0) is 7.05 Å². The second-order valence-corrected chi connectivity index (χ2v) is 5.40. The van der Waals surface area contributed by atoms with Crippen molar-refractivity contribution in [2.75, 3.05) is 6.54 Å². The van der Waals surface area contributed by atoms with Crippen molar-refractivity contribution < 1.29 is 0 Å². The molecule has 3 nitrogen and oxygen atoms in total. The van der Waals surface area contributed by atoms with Crippen LogP contribution in [0.5, 0.6) is 0 Å². The number of nitrogens with one attached hydrogen (secondary N) is 1. The van der Waals surface area contributed by atoms with Gasteiger partial charge in [0.25, 0.3) is 0 Å².